The summed E-state index contributed by atoms with van der Waals surface area (Å²) < 4.78 is 12.7. The number of phenols is 1. The fourth-order valence-corrected chi connectivity index (χ4v) is 5.43. The zero-order valence-electron chi connectivity index (χ0n) is 19.2. The van der Waals surface area contributed by atoms with Crippen molar-refractivity contribution < 1.29 is 19.4 Å². The van der Waals surface area contributed by atoms with Crippen LogP contribution < -0.4 is 0 Å². The number of phenolic OH excluding ortho intramolecular Hbond substituents is 1. The zero-order chi connectivity index (χ0) is 24.4. The van der Waals surface area contributed by atoms with Gasteiger partial charge in [0.2, 0.25) is 0 Å². The van der Waals surface area contributed by atoms with Crippen LogP contribution in [-0.4, -0.2) is 40.3 Å². The lowest BCUT2D eigenvalue weighted by Crippen LogP contribution is -2.19. The van der Waals surface area contributed by atoms with Crippen LogP contribution in [-0.2, 0) is 14.3 Å². The molecule has 0 spiro atoms. The van der Waals surface area contributed by atoms with E-state index in [2.05, 4.69) is 0 Å². The molecule has 1 fully saturated rings. The minimum absolute atomic E-state index is 0.154. The molecule has 6 nitrogen and oxygen atoms in total. The second-order valence-electron chi connectivity index (χ2n) is 8.38. The first-order valence-corrected chi connectivity index (χ1v) is 12.8. The molecule has 4 aromatic rings. The van der Waals surface area contributed by atoms with E-state index in [1.807, 2.05) is 53.2 Å². The van der Waals surface area contributed by atoms with Gasteiger partial charge in [-0.25, -0.2) is 4.68 Å². The Balaban J connectivity index is 1.55. The highest BCUT2D eigenvalue weighted by molar-refractivity contribution is 8.00. The number of thioether (sulfide) groups is 1. The molecule has 1 aliphatic rings. The van der Waals surface area contributed by atoms with Gasteiger partial charge in [0, 0.05) is 23.1 Å². The van der Waals surface area contributed by atoms with E-state index in [-0.39, 0.29) is 23.7 Å². The molecule has 0 aliphatic carbocycles. The molecule has 0 radical (unpaired) electrons. The van der Waals surface area contributed by atoms with E-state index in [1.54, 1.807) is 12.1 Å². The Bertz CT molecular complexity index is 1360. The van der Waals surface area contributed by atoms with Crippen LogP contribution in [0, 0.1) is 0 Å². The molecule has 8 heteroatoms. The van der Waals surface area contributed by atoms with Gasteiger partial charge in [0.15, 0.2) is 6.23 Å². The summed E-state index contributed by atoms with van der Waals surface area (Å²) >= 11 is 8.13. The molecule has 0 amide bonds. The monoisotopic (exact) mass is 508 g/mol. The van der Waals surface area contributed by atoms with Crippen molar-refractivity contribution >= 4 is 40.2 Å². The quantitative estimate of drug-likeness (QED) is 0.231. The van der Waals surface area contributed by atoms with Crippen LogP contribution in [0.1, 0.15) is 25.5 Å². The number of benzene rings is 3. The van der Waals surface area contributed by atoms with Crippen LogP contribution in [0.25, 0.3) is 33.2 Å². The first kappa shape index (κ1) is 23.7. The second kappa shape index (κ2) is 10.3. The molecule has 1 aliphatic heterocycles. The van der Waals surface area contributed by atoms with Gasteiger partial charge in [-0.3, -0.25) is 4.79 Å². The Morgan fingerprint density at radius 1 is 1.14 bits per heavy atom. The number of carbonyl (C=O) groups is 1. The van der Waals surface area contributed by atoms with Crippen LogP contribution in [0.2, 0.25) is 5.02 Å². The predicted molar refractivity (Wildman–Crippen MR) is 139 cm³/mol. The first-order valence-electron chi connectivity index (χ1n) is 11.5. The summed E-state index contributed by atoms with van der Waals surface area (Å²) in [5, 5.41) is 17.3. The molecule has 35 heavy (non-hydrogen) atoms. The third-order valence-electron chi connectivity index (χ3n) is 6.15. The van der Waals surface area contributed by atoms with Crippen LogP contribution >= 0.6 is 23.4 Å². The Kier molecular flexibility index (Phi) is 7.00. The molecule has 180 valence electrons. The molecular weight excluding hydrogens is 484 g/mol. The van der Waals surface area contributed by atoms with E-state index in [0.717, 1.165) is 57.4 Å². The van der Waals surface area contributed by atoms with Crippen LogP contribution in [0.5, 0.6) is 5.75 Å². The van der Waals surface area contributed by atoms with Gasteiger partial charge in [-0.15, -0.1) is 0 Å². The molecule has 1 N–H and O–H groups in total. The lowest BCUT2D eigenvalue weighted by molar-refractivity contribution is -0.137. The molecule has 1 aromatic heterocycles. The summed E-state index contributed by atoms with van der Waals surface area (Å²) in [7, 11) is 1.38. The van der Waals surface area contributed by atoms with E-state index in [4.69, 9.17) is 26.2 Å². The van der Waals surface area contributed by atoms with Gasteiger partial charge in [0.1, 0.15) is 10.8 Å². The van der Waals surface area contributed by atoms with Gasteiger partial charge in [0.05, 0.1) is 23.4 Å². The Morgan fingerprint density at radius 3 is 2.57 bits per heavy atom. The minimum Gasteiger partial charge on any atom is -0.507 e. The van der Waals surface area contributed by atoms with Crippen molar-refractivity contribution in [2.24, 2.45) is 0 Å². The Labute approximate surface area is 212 Å². The molecule has 5 rings (SSSR count). The van der Waals surface area contributed by atoms with E-state index < -0.39 is 0 Å². The molecule has 1 atom stereocenters. The smallest absolute Gasteiger partial charge is 0.316 e. The van der Waals surface area contributed by atoms with Gasteiger partial charge in [0.25, 0.3) is 0 Å². The van der Waals surface area contributed by atoms with Gasteiger partial charge >= 0.3 is 5.97 Å². The number of esters is 1. The third-order valence-corrected chi connectivity index (χ3v) is 7.42. The van der Waals surface area contributed by atoms with Crippen molar-refractivity contribution in [2.75, 3.05) is 19.5 Å². The number of carbonyl (C=O) groups excluding carboxylic acids is 1. The molecular formula is C27H25ClN2O4S. The number of hydrogen-bond donors (Lipinski definition) is 1. The molecule has 2 heterocycles. The number of ether oxygens (including phenoxy) is 2. The maximum atomic E-state index is 11.8. The highest BCUT2D eigenvalue weighted by atomic mass is 35.5. The summed E-state index contributed by atoms with van der Waals surface area (Å²) in [6, 6.07) is 19.1. The van der Waals surface area contributed by atoms with Crippen molar-refractivity contribution in [3.63, 3.8) is 0 Å². The summed E-state index contributed by atoms with van der Waals surface area (Å²) in [4.78, 5) is 11.8. The predicted octanol–water partition coefficient (Wildman–Crippen LogP) is 6.69. The number of fused-ring (bicyclic) bond motifs is 1. The van der Waals surface area contributed by atoms with Gasteiger partial charge < -0.3 is 14.6 Å². The number of rotatable bonds is 6. The molecule has 0 saturated carbocycles. The van der Waals surface area contributed by atoms with Gasteiger partial charge in [-0.2, -0.15) is 5.10 Å². The van der Waals surface area contributed by atoms with E-state index >= 15 is 0 Å². The third kappa shape index (κ3) is 4.89. The maximum absolute atomic E-state index is 11.8. The fraction of sp³-hybridized carbons (Fsp3) is 0.259. The van der Waals surface area contributed by atoms with Crippen molar-refractivity contribution in [3.05, 3.63) is 65.7 Å². The average Bonchev–Trinajstić information content (AvgIpc) is 3.25. The van der Waals surface area contributed by atoms with E-state index in [9.17, 15) is 9.90 Å². The average molecular weight is 509 g/mol. The highest BCUT2D eigenvalue weighted by Gasteiger charge is 2.23. The van der Waals surface area contributed by atoms with Crippen LogP contribution in [0.15, 0.2) is 65.7 Å². The number of aromatic hydroxyl groups is 1. The molecule has 3 aromatic carbocycles. The molecule has 1 saturated heterocycles. The second-order valence-corrected chi connectivity index (χ2v) is 9.75. The zero-order valence-corrected chi connectivity index (χ0v) is 20.8. The highest BCUT2D eigenvalue weighted by Crippen LogP contribution is 2.39. The van der Waals surface area contributed by atoms with Gasteiger partial charge in [-0.05, 0) is 48.6 Å². The fourth-order valence-electron chi connectivity index (χ4n) is 4.33. The topological polar surface area (TPSA) is 73.6 Å². The van der Waals surface area contributed by atoms with Crippen molar-refractivity contribution in [2.45, 2.75) is 30.5 Å². The first-order chi connectivity index (χ1) is 17.0. The number of para-hydroxylation sites is 1. The van der Waals surface area contributed by atoms with Crippen LogP contribution in [0.4, 0.5) is 0 Å². The molecule has 0 bridgehead atoms. The van der Waals surface area contributed by atoms with Crippen molar-refractivity contribution in [1.82, 2.24) is 9.78 Å². The SMILES string of the molecule is COC(=O)CSc1nn(C2CCCCO2)c2cc(Cl)c(-c3ccc(-c4ccccc4O)cc3)cc12. The standard InChI is InChI=1S/C27H25ClN2O4S/c1-33-26(32)16-35-27-21-14-20(18-11-9-17(10-12-18)19-6-2-3-7-24(19)31)22(28)15-23(21)30(29-27)25-8-4-5-13-34-25/h2-3,6-7,9-12,14-15,25,31H,4-5,8,13,16H2,1H3. The molecule has 1 unspecified atom stereocenters. The van der Waals surface area contributed by atoms with Crippen molar-refractivity contribution in [3.8, 4) is 28.0 Å². The van der Waals surface area contributed by atoms with Crippen LogP contribution in [0.3, 0.4) is 0 Å². The number of nitrogens with zero attached hydrogens (tertiary/aromatic N) is 2. The van der Waals surface area contributed by atoms with Gasteiger partial charge in [-0.1, -0.05) is 65.8 Å². The lowest BCUT2D eigenvalue weighted by atomic mass is 9.99. The summed E-state index contributed by atoms with van der Waals surface area (Å²) in [6.45, 7) is 0.700. The normalized spacial score (nSPS) is 15.9. The summed E-state index contributed by atoms with van der Waals surface area (Å²) in [5.74, 6) is 0.103. The lowest BCUT2D eigenvalue weighted by Gasteiger charge is -2.23. The van der Waals surface area contributed by atoms with E-state index in [1.165, 1.54) is 18.9 Å². The maximum Gasteiger partial charge on any atom is 0.316 e. The number of methoxy groups -OCH3 is 1. The minimum atomic E-state index is -0.305. The number of aromatic nitrogens is 2. The Hall–Kier alpha value is -3.00. The summed E-state index contributed by atoms with van der Waals surface area (Å²) in [5.41, 5.74) is 4.38. The van der Waals surface area contributed by atoms with E-state index in [0.29, 0.717) is 11.6 Å². The van der Waals surface area contributed by atoms with Crippen molar-refractivity contribution in [1.29, 1.82) is 0 Å². The largest absolute Gasteiger partial charge is 0.507 e. The number of hydrogen-bond acceptors (Lipinski definition) is 6. The number of halogens is 1. The summed E-state index contributed by atoms with van der Waals surface area (Å²) in [6.07, 6.45) is 2.84. The Morgan fingerprint density at radius 2 is 1.89 bits per heavy atom.